The summed E-state index contributed by atoms with van der Waals surface area (Å²) in [5, 5.41) is 14.3. The molecule has 0 heterocycles. The van der Waals surface area contributed by atoms with Gasteiger partial charge >= 0.3 is 12.1 Å². The highest BCUT2D eigenvalue weighted by Gasteiger charge is 2.29. The molecule has 1 aliphatic carbocycles. The SMILES string of the molecule is CCC(CNC(=O)OCC1c2ccccc2-c2ccccc21)C(=O)NC(C)CCC(=O)O. The fraction of sp³-hybridized carbons (Fsp3) is 0.400. The number of rotatable bonds is 10. The molecule has 2 aromatic carbocycles. The second-order valence-electron chi connectivity index (χ2n) is 8.15. The van der Waals surface area contributed by atoms with Crippen molar-refractivity contribution < 1.29 is 24.2 Å². The summed E-state index contributed by atoms with van der Waals surface area (Å²) in [7, 11) is 0. The Kier molecular flexibility index (Phi) is 7.87. The van der Waals surface area contributed by atoms with Crippen LogP contribution in [0.25, 0.3) is 11.1 Å². The van der Waals surface area contributed by atoms with Crippen LogP contribution in [0.4, 0.5) is 4.79 Å². The van der Waals surface area contributed by atoms with Crippen LogP contribution < -0.4 is 10.6 Å². The molecule has 0 bridgehead atoms. The lowest BCUT2D eigenvalue weighted by Gasteiger charge is -2.20. The number of alkyl carbamates (subject to hydrolysis) is 1. The van der Waals surface area contributed by atoms with Crippen LogP contribution in [0.2, 0.25) is 0 Å². The Morgan fingerprint density at radius 2 is 1.62 bits per heavy atom. The van der Waals surface area contributed by atoms with Crippen molar-refractivity contribution in [2.45, 2.75) is 45.1 Å². The summed E-state index contributed by atoms with van der Waals surface area (Å²) in [5.74, 6) is -1.53. The number of nitrogens with one attached hydrogen (secondary N) is 2. The Morgan fingerprint density at radius 1 is 1.03 bits per heavy atom. The number of hydrogen-bond acceptors (Lipinski definition) is 4. The second kappa shape index (κ2) is 10.8. The van der Waals surface area contributed by atoms with Gasteiger partial charge in [-0.15, -0.1) is 0 Å². The van der Waals surface area contributed by atoms with E-state index in [0.29, 0.717) is 12.8 Å². The third-order valence-corrected chi connectivity index (χ3v) is 5.88. The Labute approximate surface area is 188 Å². The van der Waals surface area contributed by atoms with E-state index in [9.17, 15) is 14.4 Å². The molecule has 0 saturated carbocycles. The number of hydrogen-bond donors (Lipinski definition) is 3. The average Bonchev–Trinajstić information content (AvgIpc) is 3.10. The highest BCUT2D eigenvalue weighted by Crippen LogP contribution is 2.44. The molecule has 3 N–H and O–H groups in total. The summed E-state index contributed by atoms with van der Waals surface area (Å²) < 4.78 is 5.51. The molecule has 1 aliphatic rings. The van der Waals surface area contributed by atoms with Crippen LogP contribution in [-0.4, -0.2) is 42.3 Å². The Bertz CT molecular complexity index is 929. The van der Waals surface area contributed by atoms with E-state index >= 15 is 0 Å². The van der Waals surface area contributed by atoms with E-state index in [1.54, 1.807) is 6.92 Å². The van der Waals surface area contributed by atoms with Crippen LogP contribution >= 0.6 is 0 Å². The molecule has 2 amide bonds. The summed E-state index contributed by atoms with van der Waals surface area (Å²) in [6.07, 6.45) is 0.339. The van der Waals surface area contributed by atoms with E-state index in [4.69, 9.17) is 9.84 Å². The normalized spacial score (nSPS) is 14.1. The minimum atomic E-state index is -0.893. The molecule has 0 saturated heterocycles. The quantitative estimate of drug-likeness (QED) is 0.521. The van der Waals surface area contributed by atoms with Gasteiger partial charge in [0.05, 0.1) is 5.92 Å². The number of carboxylic acid groups (broad SMARTS) is 1. The van der Waals surface area contributed by atoms with Gasteiger partial charge in [-0.1, -0.05) is 55.5 Å². The van der Waals surface area contributed by atoms with Crippen LogP contribution in [0.5, 0.6) is 0 Å². The Balaban J connectivity index is 1.50. The minimum absolute atomic E-state index is 0.00373. The maximum absolute atomic E-state index is 12.4. The first-order chi connectivity index (χ1) is 15.4. The molecule has 3 rings (SSSR count). The molecule has 2 aromatic rings. The van der Waals surface area contributed by atoms with E-state index < -0.39 is 18.0 Å². The molecule has 2 unspecified atom stereocenters. The van der Waals surface area contributed by atoms with Crippen LogP contribution in [-0.2, 0) is 14.3 Å². The molecule has 7 nitrogen and oxygen atoms in total. The zero-order valence-electron chi connectivity index (χ0n) is 18.5. The third kappa shape index (κ3) is 5.66. The molecular weight excluding hydrogens is 408 g/mol. The van der Waals surface area contributed by atoms with E-state index in [1.807, 2.05) is 31.2 Å². The lowest BCUT2D eigenvalue weighted by atomic mass is 9.98. The van der Waals surface area contributed by atoms with E-state index in [2.05, 4.69) is 34.9 Å². The van der Waals surface area contributed by atoms with Gasteiger partial charge in [0.2, 0.25) is 5.91 Å². The van der Waals surface area contributed by atoms with Gasteiger partial charge in [-0.25, -0.2) is 4.79 Å². The molecule has 0 radical (unpaired) electrons. The Morgan fingerprint density at radius 3 is 2.19 bits per heavy atom. The van der Waals surface area contributed by atoms with Crippen molar-refractivity contribution in [3.63, 3.8) is 0 Å². The number of amides is 2. The van der Waals surface area contributed by atoms with E-state index in [0.717, 1.165) is 22.3 Å². The standard InChI is InChI=1S/C25H30N2O5/c1-3-17(24(30)27-16(2)12-13-23(28)29)14-26-25(31)32-15-22-20-10-6-4-8-18(20)19-9-5-7-11-21(19)22/h4-11,16-17,22H,3,12-15H2,1-2H3,(H,26,31)(H,27,30)(H,28,29). The first kappa shape index (κ1) is 23.3. The van der Waals surface area contributed by atoms with E-state index in [-0.39, 0.29) is 37.4 Å². The van der Waals surface area contributed by atoms with Crippen LogP contribution in [0.15, 0.2) is 48.5 Å². The molecule has 170 valence electrons. The predicted octanol–water partition coefficient (Wildman–Crippen LogP) is 3.92. The lowest BCUT2D eigenvalue weighted by Crippen LogP contribution is -2.42. The van der Waals surface area contributed by atoms with Crippen molar-refractivity contribution in [3.8, 4) is 11.1 Å². The van der Waals surface area contributed by atoms with Gasteiger partial charge in [0, 0.05) is 24.9 Å². The summed E-state index contributed by atoms with van der Waals surface area (Å²) in [5.41, 5.74) is 4.61. The fourth-order valence-electron chi connectivity index (χ4n) is 4.05. The highest BCUT2D eigenvalue weighted by atomic mass is 16.5. The maximum atomic E-state index is 12.4. The van der Waals surface area contributed by atoms with Crippen molar-refractivity contribution in [2.75, 3.05) is 13.2 Å². The summed E-state index contributed by atoms with van der Waals surface area (Å²) in [4.78, 5) is 35.4. The van der Waals surface area contributed by atoms with Crippen LogP contribution in [0, 0.1) is 5.92 Å². The summed E-state index contributed by atoms with van der Waals surface area (Å²) >= 11 is 0. The molecule has 7 heteroatoms. The molecule has 2 atom stereocenters. The lowest BCUT2D eigenvalue weighted by molar-refractivity contribution is -0.137. The maximum Gasteiger partial charge on any atom is 0.407 e. The predicted molar refractivity (Wildman–Crippen MR) is 121 cm³/mol. The van der Waals surface area contributed by atoms with Crippen molar-refractivity contribution in [2.24, 2.45) is 5.92 Å². The molecule has 32 heavy (non-hydrogen) atoms. The van der Waals surface area contributed by atoms with Crippen molar-refractivity contribution >= 4 is 18.0 Å². The van der Waals surface area contributed by atoms with Crippen LogP contribution in [0.1, 0.15) is 50.2 Å². The van der Waals surface area contributed by atoms with Crippen molar-refractivity contribution in [1.29, 1.82) is 0 Å². The van der Waals surface area contributed by atoms with Gasteiger partial charge in [0.25, 0.3) is 0 Å². The van der Waals surface area contributed by atoms with Gasteiger partial charge in [0.15, 0.2) is 0 Å². The number of benzene rings is 2. The largest absolute Gasteiger partial charge is 0.481 e. The fourth-order valence-corrected chi connectivity index (χ4v) is 4.05. The zero-order chi connectivity index (χ0) is 23.1. The molecule has 0 aliphatic heterocycles. The van der Waals surface area contributed by atoms with Crippen LogP contribution in [0.3, 0.4) is 0 Å². The zero-order valence-corrected chi connectivity index (χ0v) is 18.5. The van der Waals surface area contributed by atoms with Crippen molar-refractivity contribution in [3.05, 3.63) is 59.7 Å². The van der Waals surface area contributed by atoms with Gasteiger partial charge in [-0.05, 0) is 42.0 Å². The number of fused-ring (bicyclic) bond motifs is 3. The molecule has 0 spiro atoms. The topological polar surface area (TPSA) is 105 Å². The first-order valence-electron chi connectivity index (χ1n) is 11.0. The summed E-state index contributed by atoms with van der Waals surface area (Å²) in [6.45, 7) is 4.01. The van der Waals surface area contributed by atoms with Gasteiger partial charge in [-0.3, -0.25) is 9.59 Å². The molecule has 0 fully saturated rings. The number of carboxylic acids is 1. The summed E-state index contributed by atoms with van der Waals surface area (Å²) in [6, 6.07) is 16.0. The number of aliphatic carboxylic acids is 1. The minimum Gasteiger partial charge on any atom is -0.481 e. The average molecular weight is 439 g/mol. The molecule has 0 aromatic heterocycles. The second-order valence-corrected chi connectivity index (χ2v) is 8.15. The van der Waals surface area contributed by atoms with Gasteiger partial charge in [0.1, 0.15) is 6.61 Å². The first-order valence-corrected chi connectivity index (χ1v) is 11.0. The molecular formula is C25H30N2O5. The number of carbonyl (C=O) groups is 3. The number of ether oxygens (including phenoxy) is 1. The monoisotopic (exact) mass is 438 g/mol. The highest BCUT2D eigenvalue weighted by molar-refractivity contribution is 5.80. The third-order valence-electron chi connectivity index (χ3n) is 5.88. The van der Waals surface area contributed by atoms with Gasteiger partial charge < -0.3 is 20.5 Å². The number of carbonyl (C=O) groups excluding carboxylic acids is 2. The van der Waals surface area contributed by atoms with Gasteiger partial charge in [-0.2, -0.15) is 0 Å². The van der Waals surface area contributed by atoms with Crippen molar-refractivity contribution in [1.82, 2.24) is 10.6 Å². The van der Waals surface area contributed by atoms with E-state index in [1.165, 1.54) is 0 Å². The Hall–Kier alpha value is -3.35. The smallest absolute Gasteiger partial charge is 0.407 e.